The van der Waals surface area contributed by atoms with Gasteiger partial charge in [-0.3, -0.25) is 4.79 Å². The summed E-state index contributed by atoms with van der Waals surface area (Å²) < 4.78 is 15.7. The van der Waals surface area contributed by atoms with Gasteiger partial charge in [-0.25, -0.2) is 4.79 Å². The summed E-state index contributed by atoms with van der Waals surface area (Å²) in [6, 6.07) is 8.62. The minimum absolute atomic E-state index is 0.191. The van der Waals surface area contributed by atoms with Gasteiger partial charge in [0.05, 0.1) is 18.2 Å². The standard InChI is InChI=1S/C17H19ClN2O5/c1-2-23-13-3-5-14(6-4-13)24-8-7-19-16(21)11-25-17(22)15-9-12(18)10-20-15/h3-6,9-10,20H,2,7-8,11H2,1H3,(H,19,21). The van der Waals surface area contributed by atoms with E-state index in [0.717, 1.165) is 5.75 Å². The summed E-state index contributed by atoms with van der Waals surface area (Å²) in [4.78, 5) is 25.9. The number of ether oxygens (including phenoxy) is 3. The number of hydrogen-bond acceptors (Lipinski definition) is 5. The number of esters is 1. The first-order valence-electron chi connectivity index (χ1n) is 7.72. The molecule has 0 aliphatic heterocycles. The number of halogens is 1. The number of aromatic nitrogens is 1. The Labute approximate surface area is 150 Å². The molecule has 0 bridgehead atoms. The molecule has 25 heavy (non-hydrogen) atoms. The van der Waals surface area contributed by atoms with E-state index in [0.29, 0.717) is 24.0 Å². The molecule has 2 aromatic rings. The first-order valence-corrected chi connectivity index (χ1v) is 8.09. The van der Waals surface area contributed by atoms with E-state index < -0.39 is 11.9 Å². The highest BCUT2D eigenvalue weighted by Crippen LogP contribution is 2.17. The van der Waals surface area contributed by atoms with Crippen LogP contribution in [0.4, 0.5) is 0 Å². The van der Waals surface area contributed by atoms with E-state index in [1.807, 2.05) is 19.1 Å². The number of hydrogen-bond donors (Lipinski definition) is 2. The van der Waals surface area contributed by atoms with Gasteiger partial charge in [-0.1, -0.05) is 11.6 Å². The largest absolute Gasteiger partial charge is 0.494 e. The highest BCUT2D eigenvalue weighted by atomic mass is 35.5. The van der Waals surface area contributed by atoms with E-state index in [9.17, 15) is 9.59 Å². The Balaban J connectivity index is 1.61. The second-order valence-electron chi connectivity index (χ2n) is 4.91. The molecule has 1 heterocycles. The van der Waals surface area contributed by atoms with Crippen molar-refractivity contribution in [3.8, 4) is 11.5 Å². The van der Waals surface area contributed by atoms with Crippen molar-refractivity contribution in [2.24, 2.45) is 0 Å². The maximum absolute atomic E-state index is 11.6. The summed E-state index contributed by atoms with van der Waals surface area (Å²) >= 11 is 5.69. The summed E-state index contributed by atoms with van der Waals surface area (Å²) in [7, 11) is 0. The number of benzene rings is 1. The van der Waals surface area contributed by atoms with Crippen LogP contribution in [0.1, 0.15) is 17.4 Å². The fraction of sp³-hybridized carbons (Fsp3) is 0.294. The Morgan fingerprint density at radius 3 is 2.44 bits per heavy atom. The van der Waals surface area contributed by atoms with Gasteiger partial charge in [0.2, 0.25) is 0 Å². The Bertz CT molecular complexity index is 699. The number of carbonyl (C=O) groups excluding carboxylic acids is 2. The number of rotatable bonds is 9. The average Bonchev–Trinajstić information content (AvgIpc) is 3.05. The van der Waals surface area contributed by atoms with Crippen molar-refractivity contribution < 1.29 is 23.8 Å². The lowest BCUT2D eigenvalue weighted by molar-refractivity contribution is -0.124. The van der Waals surface area contributed by atoms with E-state index in [-0.39, 0.29) is 18.8 Å². The minimum Gasteiger partial charge on any atom is -0.494 e. The normalized spacial score (nSPS) is 10.2. The summed E-state index contributed by atoms with van der Waals surface area (Å²) in [5.74, 6) is 0.384. The van der Waals surface area contributed by atoms with Crippen molar-refractivity contribution in [2.75, 3.05) is 26.4 Å². The fourth-order valence-corrected chi connectivity index (χ4v) is 2.07. The summed E-state index contributed by atoms with van der Waals surface area (Å²) in [5, 5.41) is 2.99. The lowest BCUT2D eigenvalue weighted by atomic mass is 10.3. The van der Waals surface area contributed by atoms with Crippen LogP contribution in [0, 0.1) is 0 Å². The van der Waals surface area contributed by atoms with Gasteiger partial charge in [-0.2, -0.15) is 0 Å². The predicted molar refractivity (Wildman–Crippen MR) is 92.2 cm³/mol. The number of aromatic amines is 1. The summed E-state index contributed by atoms with van der Waals surface area (Å²) in [6.45, 7) is 2.72. The first-order chi connectivity index (χ1) is 12.1. The molecule has 0 spiro atoms. The Kier molecular flexibility index (Phi) is 7.16. The first kappa shape index (κ1) is 18.7. The Morgan fingerprint density at radius 2 is 1.84 bits per heavy atom. The van der Waals surface area contributed by atoms with Crippen molar-refractivity contribution in [3.05, 3.63) is 47.2 Å². The van der Waals surface area contributed by atoms with Gasteiger partial charge in [0.25, 0.3) is 5.91 Å². The van der Waals surface area contributed by atoms with Gasteiger partial charge in [0.1, 0.15) is 23.8 Å². The van der Waals surface area contributed by atoms with Gasteiger partial charge in [-0.15, -0.1) is 0 Å². The highest BCUT2D eigenvalue weighted by Gasteiger charge is 2.11. The molecule has 0 atom stereocenters. The molecule has 0 radical (unpaired) electrons. The molecule has 2 rings (SSSR count). The maximum Gasteiger partial charge on any atom is 0.355 e. The van der Waals surface area contributed by atoms with Crippen LogP contribution in [-0.4, -0.2) is 43.2 Å². The molecule has 0 fully saturated rings. The second-order valence-corrected chi connectivity index (χ2v) is 5.35. The lowest BCUT2D eigenvalue weighted by Crippen LogP contribution is -2.32. The molecule has 0 unspecified atom stereocenters. The number of nitrogens with one attached hydrogen (secondary N) is 2. The number of carbonyl (C=O) groups is 2. The Morgan fingerprint density at radius 1 is 1.16 bits per heavy atom. The van der Waals surface area contributed by atoms with Crippen LogP contribution in [0.2, 0.25) is 5.02 Å². The quantitative estimate of drug-likeness (QED) is 0.525. The monoisotopic (exact) mass is 366 g/mol. The zero-order chi connectivity index (χ0) is 18.1. The van der Waals surface area contributed by atoms with E-state index in [2.05, 4.69) is 10.3 Å². The third-order valence-electron chi connectivity index (χ3n) is 3.03. The van der Waals surface area contributed by atoms with Crippen LogP contribution in [0.15, 0.2) is 36.5 Å². The van der Waals surface area contributed by atoms with Crippen molar-refractivity contribution in [1.29, 1.82) is 0 Å². The second kappa shape index (κ2) is 9.58. The predicted octanol–water partition coefficient (Wildman–Crippen LogP) is 2.42. The number of amides is 1. The van der Waals surface area contributed by atoms with Crippen molar-refractivity contribution in [1.82, 2.24) is 10.3 Å². The van der Waals surface area contributed by atoms with Crippen LogP contribution >= 0.6 is 11.6 Å². The molecular formula is C17H19ClN2O5. The van der Waals surface area contributed by atoms with E-state index >= 15 is 0 Å². The van der Waals surface area contributed by atoms with Gasteiger partial charge >= 0.3 is 5.97 Å². The van der Waals surface area contributed by atoms with Crippen molar-refractivity contribution >= 4 is 23.5 Å². The van der Waals surface area contributed by atoms with Crippen molar-refractivity contribution in [2.45, 2.75) is 6.92 Å². The van der Waals surface area contributed by atoms with Gasteiger partial charge in [0, 0.05) is 6.20 Å². The van der Waals surface area contributed by atoms with Crippen LogP contribution in [0.25, 0.3) is 0 Å². The average molecular weight is 367 g/mol. The van der Waals surface area contributed by atoms with Crippen LogP contribution < -0.4 is 14.8 Å². The van der Waals surface area contributed by atoms with Crippen LogP contribution in [-0.2, 0) is 9.53 Å². The molecule has 0 saturated carbocycles. The molecule has 7 nitrogen and oxygen atoms in total. The fourth-order valence-electron chi connectivity index (χ4n) is 1.90. The third-order valence-corrected chi connectivity index (χ3v) is 3.25. The maximum atomic E-state index is 11.6. The molecule has 0 aliphatic rings. The van der Waals surface area contributed by atoms with E-state index in [4.69, 9.17) is 25.8 Å². The van der Waals surface area contributed by atoms with E-state index in [1.54, 1.807) is 12.1 Å². The molecule has 8 heteroatoms. The highest BCUT2D eigenvalue weighted by molar-refractivity contribution is 6.30. The molecule has 1 aromatic heterocycles. The lowest BCUT2D eigenvalue weighted by Gasteiger charge is -2.09. The molecular weight excluding hydrogens is 348 g/mol. The third kappa shape index (κ3) is 6.39. The molecule has 0 saturated heterocycles. The van der Waals surface area contributed by atoms with Crippen molar-refractivity contribution in [3.63, 3.8) is 0 Å². The summed E-state index contributed by atoms with van der Waals surface area (Å²) in [6.07, 6.45) is 1.45. The smallest absolute Gasteiger partial charge is 0.355 e. The molecule has 2 N–H and O–H groups in total. The SMILES string of the molecule is CCOc1ccc(OCCNC(=O)COC(=O)c2cc(Cl)c[nH]2)cc1. The summed E-state index contributed by atoms with van der Waals surface area (Å²) in [5.41, 5.74) is 0.191. The number of H-pyrrole nitrogens is 1. The van der Waals surface area contributed by atoms with E-state index in [1.165, 1.54) is 12.3 Å². The molecule has 0 aliphatic carbocycles. The van der Waals surface area contributed by atoms with Crippen LogP contribution in [0.5, 0.6) is 11.5 Å². The minimum atomic E-state index is -0.646. The zero-order valence-electron chi connectivity index (χ0n) is 13.7. The van der Waals surface area contributed by atoms with Crippen LogP contribution in [0.3, 0.4) is 0 Å². The van der Waals surface area contributed by atoms with Gasteiger partial charge in [0.15, 0.2) is 6.61 Å². The molecule has 134 valence electrons. The van der Waals surface area contributed by atoms with Gasteiger partial charge < -0.3 is 24.5 Å². The zero-order valence-corrected chi connectivity index (χ0v) is 14.5. The van der Waals surface area contributed by atoms with Gasteiger partial charge in [-0.05, 0) is 37.3 Å². The molecule has 1 aromatic carbocycles. The molecule has 1 amide bonds. The topological polar surface area (TPSA) is 89.7 Å². The Hall–Kier alpha value is -2.67.